The second-order valence-electron chi connectivity index (χ2n) is 6.47. The van der Waals surface area contributed by atoms with Crippen molar-refractivity contribution >= 4 is 29.9 Å². The zero-order chi connectivity index (χ0) is 17.4. The zero-order valence-electron chi connectivity index (χ0n) is 15.6. The van der Waals surface area contributed by atoms with Crippen LogP contribution in [0.25, 0.3) is 0 Å². The third kappa shape index (κ3) is 7.46. The number of benzene rings is 1. The molecule has 0 fully saturated rings. The molecular formula is C19H30IN5. The monoisotopic (exact) mass is 455 g/mol. The first-order chi connectivity index (χ1) is 11.6. The molecule has 2 rings (SSSR count). The Bertz CT molecular complexity index is 620. The molecule has 1 heterocycles. The molecule has 5 nitrogen and oxygen atoms in total. The van der Waals surface area contributed by atoms with E-state index in [0.717, 1.165) is 25.5 Å². The zero-order valence-corrected chi connectivity index (χ0v) is 17.9. The summed E-state index contributed by atoms with van der Waals surface area (Å²) in [7, 11) is 1.79. The van der Waals surface area contributed by atoms with Crippen molar-refractivity contribution in [2.45, 2.75) is 39.8 Å². The van der Waals surface area contributed by atoms with Crippen LogP contribution in [0.15, 0.2) is 47.7 Å². The second-order valence-corrected chi connectivity index (χ2v) is 6.47. The van der Waals surface area contributed by atoms with E-state index in [1.807, 2.05) is 16.9 Å². The predicted molar refractivity (Wildman–Crippen MR) is 116 cm³/mol. The number of rotatable bonds is 7. The smallest absolute Gasteiger partial charge is 0.191 e. The van der Waals surface area contributed by atoms with E-state index in [2.05, 4.69) is 65.8 Å². The topological polar surface area (TPSA) is 54.2 Å². The first-order valence-corrected chi connectivity index (χ1v) is 8.62. The molecule has 0 radical (unpaired) electrons. The highest BCUT2D eigenvalue weighted by Crippen LogP contribution is 2.15. The van der Waals surface area contributed by atoms with Crippen LogP contribution in [0, 0.1) is 5.92 Å². The SMILES string of the molecule is CN=C(NCCn1cccn1)NC(C)c1ccc(CC(C)C)cc1.I. The van der Waals surface area contributed by atoms with Crippen molar-refractivity contribution in [2.24, 2.45) is 10.9 Å². The summed E-state index contributed by atoms with van der Waals surface area (Å²) in [5, 5.41) is 10.9. The lowest BCUT2D eigenvalue weighted by Gasteiger charge is -2.19. The van der Waals surface area contributed by atoms with Gasteiger partial charge < -0.3 is 10.6 Å². The van der Waals surface area contributed by atoms with Gasteiger partial charge in [-0.3, -0.25) is 9.67 Å². The normalized spacial score (nSPS) is 12.6. The maximum Gasteiger partial charge on any atom is 0.191 e. The van der Waals surface area contributed by atoms with Gasteiger partial charge in [-0.15, -0.1) is 24.0 Å². The molecule has 0 saturated carbocycles. The quantitative estimate of drug-likeness (QED) is 0.381. The third-order valence-electron chi connectivity index (χ3n) is 3.89. The van der Waals surface area contributed by atoms with Gasteiger partial charge in [0, 0.05) is 26.0 Å². The van der Waals surface area contributed by atoms with Crippen LogP contribution in [-0.2, 0) is 13.0 Å². The Labute approximate surface area is 168 Å². The number of hydrogen-bond acceptors (Lipinski definition) is 2. The fraction of sp³-hybridized carbons (Fsp3) is 0.474. The van der Waals surface area contributed by atoms with Crippen LogP contribution in [0.3, 0.4) is 0 Å². The number of aliphatic imine (C=N–C) groups is 1. The fourth-order valence-corrected chi connectivity index (χ4v) is 2.62. The Morgan fingerprint density at radius 1 is 1.20 bits per heavy atom. The molecule has 1 unspecified atom stereocenters. The number of aromatic nitrogens is 2. The average Bonchev–Trinajstić information content (AvgIpc) is 3.07. The van der Waals surface area contributed by atoms with E-state index < -0.39 is 0 Å². The third-order valence-corrected chi connectivity index (χ3v) is 3.89. The highest BCUT2D eigenvalue weighted by Gasteiger charge is 2.08. The number of nitrogens with zero attached hydrogens (tertiary/aromatic N) is 3. The summed E-state index contributed by atoms with van der Waals surface area (Å²) >= 11 is 0. The van der Waals surface area contributed by atoms with Crippen molar-refractivity contribution < 1.29 is 0 Å². The summed E-state index contributed by atoms with van der Waals surface area (Å²) in [5.41, 5.74) is 2.65. The van der Waals surface area contributed by atoms with Gasteiger partial charge in [-0.05, 0) is 36.5 Å². The lowest BCUT2D eigenvalue weighted by atomic mass is 10.00. The van der Waals surface area contributed by atoms with Crippen molar-refractivity contribution in [1.82, 2.24) is 20.4 Å². The maximum atomic E-state index is 4.29. The summed E-state index contributed by atoms with van der Waals surface area (Å²) < 4.78 is 1.90. The summed E-state index contributed by atoms with van der Waals surface area (Å²) in [4.78, 5) is 4.29. The molecule has 0 aliphatic rings. The van der Waals surface area contributed by atoms with Gasteiger partial charge in [-0.1, -0.05) is 38.1 Å². The van der Waals surface area contributed by atoms with E-state index in [1.54, 1.807) is 13.2 Å². The van der Waals surface area contributed by atoms with Crippen molar-refractivity contribution in [1.29, 1.82) is 0 Å². The number of halogens is 1. The minimum Gasteiger partial charge on any atom is -0.355 e. The molecule has 138 valence electrons. The minimum absolute atomic E-state index is 0. The predicted octanol–water partition coefficient (Wildman–Crippen LogP) is 3.63. The molecule has 0 aliphatic carbocycles. The number of nitrogens with one attached hydrogen (secondary N) is 2. The summed E-state index contributed by atoms with van der Waals surface area (Å²) in [6, 6.07) is 11.0. The summed E-state index contributed by atoms with van der Waals surface area (Å²) in [5.74, 6) is 1.49. The number of hydrogen-bond donors (Lipinski definition) is 2. The van der Waals surface area contributed by atoms with Crippen LogP contribution in [0.4, 0.5) is 0 Å². The molecule has 0 bridgehead atoms. The van der Waals surface area contributed by atoms with Crippen LogP contribution < -0.4 is 10.6 Å². The first kappa shape index (κ1) is 21.5. The average molecular weight is 455 g/mol. The molecule has 0 amide bonds. The highest BCUT2D eigenvalue weighted by molar-refractivity contribution is 14.0. The van der Waals surface area contributed by atoms with E-state index in [9.17, 15) is 0 Å². The molecule has 2 aromatic rings. The van der Waals surface area contributed by atoms with Crippen LogP contribution in [0.2, 0.25) is 0 Å². The molecule has 0 aliphatic heterocycles. The second kappa shape index (κ2) is 11.1. The molecule has 1 aromatic carbocycles. The van der Waals surface area contributed by atoms with Gasteiger partial charge in [0.2, 0.25) is 0 Å². The van der Waals surface area contributed by atoms with Crippen LogP contribution >= 0.6 is 24.0 Å². The highest BCUT2D eigenvalue weighted by atomic mass is 127. The van der Waals surface area contributed by atoms with Gasteiger partial charge >= 0.3 is 0 Å². The van der Waals surface area contributed by atoms with Gasteiger partial charge in [0.05, 0.1) is 12.6 Å². The van der Waals surface area contributed by atoms with Crippen LogP contribution in [0.5, 0.6) is 0 Å². The largest absolute Gasteiger partial charge is 0.355 e. The van der Waals surface area contributed by atoms with E-state index in [0.29, 0.717) is 5.92 Å². The molecule has 1 atom stereocenters. The van der Waals surface area contributed by atoms with E-state index in [1.165, 1.54) is 11.1 Å². The maximum absolute atomic E-state index is 4.29. The Balaban J connectivity index is 0.00000312. The number of guanidine groups is 1. The lowest BCUT2D eigenvalue weighted by molar-refractivity contribution is 0.591. The molecule has 2 N–H and O–H groups in total. The molecule has 6 heteroatoms. The van der Waals surface area contributed by atoms with Crippen molar-refractivity contribution in [3.8, 4) is 0 Å². The Kier molecular flexibility index (Phi) is 9.55. The van der Waals surface area contributed by atoms with Gasteiger partial charge in [0.25, 0.3) is 0 Å². The van der Waals surface area contributed by atoms with Gasteiger partial charge in [0.1, 0.15) is 0 Å². The van der Waals surface area contributed by atoms with Crippen molar-refractivity contribution in [2.75, 3.05) is 13.6 Å². The molecular weight excluding hydrogens is 425 g/mol. The Hall–Kier alpha value is -1.57. The molecule has 25 heavy (non-hydrogen) atoms. The molecule has 0 spiro atoms. The standard InChI is InChI=1S/C19H29N5.HI/c1-15(2)14-17-6-8-18(9-7-17)16(3)23-19(20-4)21-11-13-24-12-5-10-22-24;/h5-10,12,15-16H,11,13-14H2,1-4H3,(H2,20,21,23);1H. The van der Waals surface area contributed by atoms with E-state index >= 15 is 0 Å². The molecule has 1 aromatic heterocycles. The van der Waals surface area contributed by atoms with Crippen molar-refractivity contribution in [3.05, 3.63) is 53.9 Å². The minimum atomic E-state index is 0. The van der Waals surface area contributed by atoms with Crippen LogP contribution in [-0.4, -0.2) is 29.3 Å². The van der Waals surface area contributed by atoms with Gasteiger partial charge in [-0.2, -0.15) is 5.10 Å². The van der Waals surface area contributed by atoms with E-state index in [-0.39, 0.29) is 30.0 Å². The van der Waals surface area contributed by atoms with Crippen LogP contribution in [0.1, 0.15) is 37.9 Å². The van der Waals surface area contributed by atoms with Gasteiger partial charge in [0.15, 0.2) is 5.96 Å². The summed E-state index contributed by atoms with van der Waals surface area (Å²) in [6.45, 7) is 8.24. The molecule has 0 saturated heterocycles. The Morgan fingerprint density at radius 2 is 1.92 bits per heavy atom. The Morgan fingerprint density at radius 3 is 2.48 bits per heavy atom. The van der Waals surface area contributed by atoms with Gasteiger partial charge in [-0.25, -0.2) is 0 Å². The van der Waals surface area contributed by atoms with Crippen molar-refractivity contribution in [3.63, 3.8) is 0 Å². The first-order valence-electron chi connectivity index (χ1n) is 8.62. The fourth-order valence-electron chi connectivity index (χ4n) is 2.62. The lowest BCUT2D eigenvalue weighted by Crippen LogP contribution is -2.40. The summed E-state index contributed by atoms with van der Waals surface area (Å²) in [6.07, 6.45) is 4.87. The van der Waals surface area contributed by atoms with E-state index in [4.69, 9.17) is 0 Å².